The summed E-state index contributed by atoms with van der Waals surface area (Å²) in [7, 11) is 0. The topological polar surface area (TPSA) is 54.7 Å². The van der Waals surface area contributed by atoms with Crippen LogP contribution in [0.1, 0.15) is 5.69 Å². The molecular formula is C12H10FN3S. The molecular weight excluding hydrogens is 237 g/mol. The maximum absolute atomic E-state index is 14.3. The van der Waals surface area contributed by atoms with Gasteiger partial charge in [-0.05, 0) is 25.1 Å². The van der Waals surface area contributed by atoms with Gasteiger partial charge in [0.1, 0.15) is 16.5 Å². The number of nitrogens with zero attached hydrogens (tertiary/aromatic N) is 1. The number of hydrogen-bond donors (Lipinski definition) is 2. The molecule has 3 rings (SSSR count). The van der Waals surface area contributed by atoms with Gasteiger partial charge in [-0.25, -0.2) is 9.37 Å². The van der Waals surface area contributed by atoms with Crippen LogP contribution in [0.3, 0.4) is 0 Å². The van der Waals surface area contributed by atoms with Crippen molar-refractivity contribution in [2.24, 2.45) is 0 Å². The van der Waals surface area contributed by atoms with Crippen LogP contribution in [0.15, 0.2) is 23.7 Å². The van der Waals surface area contributed by atoms with Gasteiger partial charge < -0.3 is 10.7 Å². The number of nitrogen functional groups attached to an aromatic ring is 1. The Labute approximate surface area is 101 Å². The van der Waals surface area contributed by atoms with E-state index in [2.05, 4.69) is 9.97 Å². The summed E-state index contributed by atoms with van der Waals surface area (Å²) >= 11 is 1.31. The van der Waals surface area contributed by atoms with E-state index in [0.29, 0.717) is 21.6 Å². The van der Waals surface area contributed by atoms with Crippen molar-refractivity contribution in [1.29, 1.82) is 0 Å². The predicted molar refractivity (Wildman–Crippen MR) is 68.5 cm³/mol. The van der Waals surface area contributed by atoms with E-state index < -0.39 is 0 Å². The molecule has 0 aliphatic carbocycles. The number of hydrogen-bond acceptors (Lipinski definition) is 3. The van der Waals surface area contributed by atoms with Crippen LogP contribution >= 0.6 is 11.3 Å². The SMILES string of the molecule is Cc1cc2c(F)c(-c3ncsc3N)ccc2[nH]1. The molecule has 0 saturated heterocycles. The summed E-state index contributed by atoms with van der Waals surface area (Å²) in [5.74, 6) is -0.274. The number of rotatable bonds is 1. The first-order chi connectivity index (χ1) is 8.16. The molecule has 3 N–H and O–H groups in total. The Morgan fingerprint density at radius 3 is 2.94 bits per heavy atom. The lowest BCUT2D eigenvalue weighted by molar-refractivity contribution is 0.643. The maximum Gasteiger partial charge on any atom is 0.142 e. The lowest BCUT2D eigenvalue weighted by Crippen LogP contribution is -1.90. The zero-order valence-electron chi connectivity index (χ0n) is 9.12. The van der Waals surface area contributed by atoms with Crippen LogP contribution in [0.5, 0.6) is 0 Å². The minimum absolute atomic E-state index is 0.274. The van der Waals surface area contributed by atoms with E-state index in [1.807, 2.05) is 13.0 Å². The number of fused-ring (bicyclic) bond motifs is 1. The van der Waals surface area contributed by atoms with Crippen molar-refractivity contribution >= 4 is 27.2 Å². The van der Waals surface area contributed by atoms with E-state index in [9.17, 15) is 4.39 Å². The van der Waals surface area contributed by atoms with Crippen molar-refractivity contribution in [3.8, 4) is 11.3 Å². The fourth-order valence-corrected chi connectivity index (χ4v) is 2.49. The van der Waals surface area contributed by atoms with E-state index in [-0.39, 0.29) is 5.82 Å². The summed E-state index contributed by atoms with van der Waals surface area (Å²) in [4.78, 5) is 7.20. The van der Waals surface area contributed by atoms with Gasteiger partial charge in [-0.2, -0.15) is 0 Å². The Morgan fingerprint density at radius 2 is 2.24 bits per heavy atom. The molecule has 0 aliphatic rings. The van der Waals surface area contributed by atoms with Crippen molar-refractivity contribution in [3.63, 3.8) is 0 Å². The van der Waals surface area contributed by atoms with Crippen molar-refractivity contribution in [3.05, 3.63) is 35.2 Å². The largest absolute Gasteiger partial charge is 0.389 e. The molecule has 0 unspecified atom stereocenters. The number of anilines is 1. The summed E-state index contributed by atoms with van der Waals surface area (Å²) < 4.78 is 14.3. The third-order valence-corrected chi connectivity index (χ3v) is 3.38. The number of halogens is 1. The molecule has 3 aromatic rings. The van der Waals surface area contributed by atoms with Gasteiger partial charge in [0.25, 0.3) is 0 Å². The van der Waals surface area contributed by atoms with E-state index in [4.69, 9.17) is 5.73 Å². The number of aromatic amines is 1. The van der Waals surface area contributed by atoms with E-state index in [1.54, 1.807) is 17.6 Å². The molecule has 2 heterocycles. The van der Waals surface area contributed by atoms with Gasteiger partial charge in [-0.15, -0.1) is 11.3 Å². The van der Waals surface area contributed by atoms with E-state index >= 15 is 0 Å². The Balaban J connectivity index is 2.31. The summed E-state index contributed by atoms with van der Waals surface area (Å²) in [6.45, 7) is 1.90. The van der Waals surface area contributed by atoms with Crippen LogP contribution in [-0.4, -0.2) is 9.97 Å². The zero-order valence-corrected chi connectivity index (χ0v) is 9.94. The van der Waals surface area contributed by atoms with Gasteiger partial charge in [-0.1, -0.05) is 0 Å². The lowest BCUT2D eigenvalue weighted by atomic mass is 10.1. The summed E-state index contributed by atoms with van der Waals surface area (Å²) in [6.07, 6.45) is 0. The average molecular weight is 247 g/mol. The minimum Gasteiger partial charge on any atom is -0.389 e. The van der Waals surface area contributed by atoms with Crippen molar-refractivity contribution in [2.75, 3.05) is 5.73 Å². The molecule has 3 nitrogen and oxygen atoms in total. The number of benzene rings is 1. The van der Waals surface area contributed by atoms with Crippen LogP contribution in [0.25, 0.3) is 22.2 Å². The molecule has 0 amide bonds. The van der Waals surface area contributed by atoms with Crippen molar-refractivity contribution in [2.45, 2.75) is 6.92 Å². The third kappa shape index (κ3) is 1.51. The monoisotopic (exact) mass is 247 g/mol. The molecule has 0 fully saturated rings. The van der Waals surface area contributed by atoms with Crippen LogP contribution < -0.4 is 5.73 Å². The second-order valence-corrected chi connectivity index (χ2v) is 4.79. The molecule has 0 spiro atoms. The predicted octanol–water partition coefficient (Wildman–Crippen LogP) is 3.32. The second-order valence-electron chi connectivity index (χ2n) is 3.91. The van der Waals surface area contributed by atoms with Crippen LogP contribution in [0.4, 0.5) is 9.39 Å². The minimum atomic E-state index is -0.274. The molecule has 17 heavy (non-hydrogen) atoms. The number of nitrogens with two attached hydrogens (primary N) is 1. The Kier molecular flexibility index (Phi) is 2.16. The zero-order chi connectivity index (χ0) is 12.0. The van der Waals surface area contributed by atoms with Crippen LogP contribution in [0, 0.1) is 12.7 Å². The number of aromatic nitrogens is 2. The van der Waals surface area contributed by atoms with E-state index in [0.717, 1.165) is 11.2 Å². The van der Waals surface area contributed by atoms with Gasteiger partial charge in [-0.3, -0.25) is 0 Å². The number of thiazole rings is 1. The van der Waals surface area contributed by atoms with Gasteiger partial charge in [0.2, 0.25) is 0 Å². The van der Waals surface area contributed by atoms with E-state index in [1.165, 1.54) is 11.3 Å². The molecule has 0 aliphatic heterocycles. The molecule has 0 radical (unpaired) electrons. The van der Waals surface area contributed by atoms with Crippen molar-refractivity contribution < 1.29 is 4.39 Å². The molecule has 0 bridgehead atoms. The molecule has 86 valence electrons. The number of nitrogens with one attached hydrogen (secondary N) is 1. The smallest absolute Gasteiger partial charge is 0.142 e. The quantitative estimate of drug-likeness (QED) is 0.693. The fraction of sp³-hybridized carbons (Fsp3) is 0.0833. The highest BCUT2D eigenvalue weighted by Crippen LogP contribution is 2.33. The Bertz CT molecular complexity index is 699. The molecule has 5 heteroatoms. The summed E-state index contributed by atoms with van der Waals surface area (Å²) in [5, 5.41) is 1.11. The van der Waals surface area contributed by atoms with Gasteiger partial charge in [0, 0.05) is 22.2 Å². The summed E-state index contributed by atoms with van der Waals surface area (Å²) in [5.41, 5.74) is 10.1. The first-order valence-electron chi connectivity index (χ1n) is 5.14. The highest BCUT2D eigenvalue weighted by atomic mass is 32.1. The highest BCUT2D eigenvalue weighted by molar-refractivity contribution is 7.14. The van der Waals surface area contributed by atoms with Crippen molar-refractivity contribution in [1.82, 2.24) is 9.97 Å². The van der Waals surface area contributed by atoms with Gasteiger partial charge in [0.15, 0.2) is 0 Å². The summed E-state index contributed by atoms with van der Waals surface area (Å²) in [6, 6.07) is 5.34. The molecule has 0 atom stereocenters. The normalized spacial score (nSPS) is 11.2. The van der Waals surface area contributed by atoms with Crippen LogP contribution in [-0.2, 0) is 0 Å². The fourth-order valence-electron chi connectivity index (χ4n) is 1.95. The first kappa shape index (κ1) is 10.3. The highest BCUT2D eigenvalue weighted by Gasteiger charge is 2.14. The molecule has 0 saturated carbocycles. The molecule has 2 aromatic heterocycles. The average Bonchev–Trinajstić information content (AvgIpc) is 2.85. The maximum atomic E-state index is 14.3. The standard InChI is InChI=1S/C12H10FN3S/c1-6-4-8-9(16-6)3-2-7(10(8)13)11-12(14)17-5-15-11/h2-5,16H,14H2,1H3. The second kappa shape index (κ2) is 3.56. The Hall–Kier alpha value is -1.88. The first-order valence-corrected chi connectivity index (χ1v) is 6.02. The van der Waals surface area contributed by atoms with Crippen LogP contribution in [0.2, 0.25) is 0 Å². The lowest BCUT2D eigenvalue weighted by Gasteiger charge is -2.02. The molecule has 1 aromatic carbocycles. The third-order valence-electron chi connectivity index (χ3n) is 2.72. The number of aryl methyl sites for hydroxylation is 1. The Morgan fingerprint density at radius 1 is 1.41 bits per heavy atom. The van der Waals surface area contributed by atoms with Gasteiger partial charge in [0.05, 0.1) is 5.51 Å². The number of H-pyrrole nitrogens is 1. The van der Waals surface area contributed by atoms with Gasteiger partial charge >= 0.3 is 0 Å².